The highest BCUT2D eigenvalue weighted by molar-refractivity contribution is 5.00. The van der Waals surface area contributed by atoms with Crippen molar-refractivity contribution in [2.75, 3.05) is 6.54 Å². The third-order valence-electron chi connectivity index (χ3n) is 3.16. The van der Waals surface area contributed by atoms with E-state index in [-0.39, 0.29) is 12.5 Å². The van der Waals surface area contributed by atoms with Crippen molar-refractivity contribution in [1.82, 2.24) is 9.55 Å². The number of aliphatic hydroxyl groups is 1. The van der Waals surface area contributed by atoms with Crippen molar-refractivity contribution in [2.45, 2.75) is 45.8 Å². The summed E-state index contributed by atoms with van der Waals surface area (Å²) >= 11 is 0. The second-order valence-electron chi connectivity index (χ2n) is 4.68. The molecule has 1 unspecified atom stereocenters. The fraction of sp³-hybridized carbons (Fsp3) is 0.750. The minimum atomic E-state index is -0.850. The molecule has 1 aromatic rings. The Morgan fingerprint density at radius 1 is 1.56 bits per heavy atom. The largest absolute Gasteiger partial charge is 0.388 e. The Bertz CT molecular complexity index is 322. The van der Waals surface area contributed by atoms with Gasteiger partial charge in [-0.1, -0.05) is 20.8 Å². The van der Waals surface area contributed by atoms with Gasteiger partial charge in [0.05, 0.1) is 5.60 Å². The van der Waals surface area contributed by atoms with Crippen LogP contribution in [-0.4, -0.2) is 26.8 Å². The predicted molar refractivity (Wildman–Crippen MR) is 65.1 cm³/mol. The number of rotatable bonds is 6. The number of hydrogen-bond donors (Lipinski definition) is 2. The van der Waals surface area contributed by atoms with Crippen molar-refractivity contribution in [2.24, 2.45) is 11.7 Å². The number of aryl methyl sites for hydroxylation is 1. The first-order chi connectivity index (χ1) is 7.53. The Labute approximate surface area is 97.5 Å². The first-order valence-corrected chi connectivity index (χ1v) is 5.96. The summed E-state index contributed by atoms with van der Waals surface area (Å²) in [5.41, 5.74) is 4.81. The molecule has 1 atom stereocenters. The van der Waals surface area contributed by atoms with E-state index in [4.69, 9.17) is 5.73 Å². The van der Waals surface area contributed by atoms with Crippen molar-refractivity contribution in [3.63, 3.8) is 0 Å². The highest BCUT2D eigenvalue weighted by Gasteiger charge is 2.31. The fourth-order valence-corrected chi connectivity index (χ4v) is 1.74. The molecule has 0 aliphatic carbocycles. The molecule has 3 N–H and O–H groups in total. The van der Waals surface area contributed by atoms with Crippen LogP contribution < -0.4 is 5.73 Å². The van der Waals surface area contributed by atoms with Gasteiger partial charge in [-0.2, -0.15) is 0 Å². The minimum Gasteiger partial charge on any atom is -0.388 e. The van der Waals surface area contributed by atoms with Gasteiger partial charge in [0.1, 0.15) is 5.82 Å². The van der Waals surface area contributed by atoms with Crippen molar-refractivity contribution < 1.29 is 5.11 Å². The second kappa shape index (κ2) is 5.46. The predicted octanol–water partition coefficient (Wildman–Crippen LogP) is 1.18. The van der Waals surface area contributed by atoms with E-state index in [1.54, 1.807) is 6.20 Å². The molecule has 0 amide bonds. The van der Waals surface area contributed by atoms with Crippen LogP contribution >= 0.6 is 0 Å². The van der Waals surface area contributed by atoms with Gasteiger partial charge in [-0.15, -0.1) is 0 Å². The number of nitrogens with zero attached hydrogens (tertiary/aromatic N) is 2. The lowest BCUT2D eigenvalue weighted by Gasteiger charge is -2.30. The number of hydrogen-bond acceptors (Lipinski definition) is 3. The van der Waals surface area contributed by atoms with Gasteiger partial charge in [0.2, 0.25) is 0 Å². The van der Waals surface area contributed by atoms with Crippen LogP contribution in [0.25, 0.3) is 0 Å². The first-order valence-electron chi connectivity index (χ1n) is 5.96. The molecule has 4 nitrogen and oxygen atoms in total. The average molecular weight is 225 g/mol. The topological polar surface area (TPSA) is 64.1 Å². The Morgan fingerprint density at radius 2 is 2.25 bits per heavy atom. The Balaban J connectivity index is 2.81. The molecule has 1 rings (SSSR count). The van der Waals surface area contributed by atoms with Gasteiger partial charge in [-0.05, 0) is 12.3 Å². The molecule has 92 valence electrons. The van der Waals surface area contributed by atoms with Gasteiger partial charge in [0, 0.05) is 31.9 Å². The van der Waals surface area contributed by atoms with Crippen molar-refractivity contribution >= 4 is 0 Å². The third kappa shape index (κ3) is 2.83. The molecular weight excluding hydrogens is 202 g/mol. The van der Waals surface area contributed by atoms with Crippen LogP contribution in [-0.2, 0) is 13.0 Å². The van der Waals surface area contributed by atoms with E-state index in [2.05, 4.69) is 16.5 Å². The monoisotopic (exact) mass is 225 g/mol. The van der Waals surface area contributed by atoms with Crippen molar-refractivity contribution in [3.8, 4) is 0 Å². The minimum absolute atomic E-state index is 0.129. The summed E-state index contributed by atoms with van der Waals surface area (Å²) in [6.45, 7) is 7.30. The molecule has 1 aromatic heterocycles. The summed E-state index contributed by atoms with van der Waals surface area (Å²) in [6.07, 6.45) is 5.32. The van der Waals surface area contributed by atoms with Crippen molar-refractivity contribution in [3.05, 3.63) is 18.2 Å². The van der Waals surface area contributed by atoms with Crippen LogP contribution in [0.2, 0.25) is 0 Å². The Kier molecular flexibility index (Phi) is 4.50. The zero-order valence-electron chi connectivity index (χ0n) is 10.5. The Morgan fingerprint density at radius 3 is 2.75 bits per heavy atom. The van der Waals surface area contributed by atoms with Gasteiger partial charge < -0.3 is 15.4 Å². The average Bonchev–Trinajstić information content (AvgIpc) is 2.66. The number of aromatic nitrogens is 2. The van der Waals surface area contributed by atoms with E-state index in [1.807, 2.05) is 20.0 Å². The molecule has 0 saturated carbocycles. The Hall–Kier alpha value is -0.870. The SMILES string of the molecule is CCCn1ccnc1CC(O)(CN)C(C)C. The summed E-state index contributed by atoms with van der Waals surface area (Å²) in [5, 5.41) is 10.4. The molecule has 16 heavy (non-hydrogen) atoms. The summed E-state index contributed by atoms with van der Waals surface area (Å²) in [4.78, 5) is 4.30. The summed E-state index contributed by atoms with van der Waals surface area (Å²) in [5.74, 6) is 1.05. The van der Waals surface area contributed by atoms with Crippen molar-refractivity contribution in [1.29, 1.82) is 0 Å². The fourth-order valence-electron chi connectivity index (χ4n) is 1.74. The van der Waals surface area contributed by atoms with E-state index < -0.39 is 5.60 Å². The summed E-state index contributed by atoms with van der Waals surface area (Å²) in [7, 11) is 0. The molecule has 0 aliphatic heterocycles. The standard InChI is InChI=1S/C12H23N3O/c1-4-6-15-7-5-14-11(15)8-12(16,9-13)10(2)3/h5,7,10,16H,4,6,8-9,13H2,1-3H3. The molecule has 0 aromatic carbocycles. The second-order valence-corrected chi connectivity index (χ2v) is 4.68. The molecule has 0 bridgehead atoms. The molecule has 0 fully saturated rings. The quantitative estimate of drug-likeness (QED) is 0.764. The van der Waals surface area contributed by atoms with E-state index in [9.17, 15) is 5.11 Å². The first kappa shape index (κ1) is 13.2. The molecular formula is C12H23N3O. The number of imidazole rings is 1. The zero-order chi connectivity index (χ0) is 12.2. The summed E-state index contributed by atoms with van der Waals surface area (Å²) in [6, 6.07) is 0. The van der Waals surface area contributed by atoms with E-state index in [0.717, 1.165) is 18.8 Å². The third-order valence-corrected chi connectivity index (χ3v) is 3.16. The zero-order valence-corrected chi connectivity index (χ0v) is 10.5. The molecule has 4 heteroatoms. The smallest absolute Gasteiger partial charge is 0.111 e. The molecule has 0 saturated heterocycles. The van der Waals surface area contributed by atoms with Gasteiger partial charge in [0.15, 0.2) is 0 Å². The lowest BCUT2D eigenvalue weighted by atomic mass is 9.87. The molecule has 0 aliphatic rings. The molecule has 1 heterocycles. The van der Waals surface area contributed by atoms with Crippen LogP contribution in [0.3, 0.4) is 0 Å². The van der Waals surface area contributed by atoms with E-state index >= 15 is 0 Å². The highest BCUT2D eigenvalue weighted by atomic mass is 16.3. The van der Waals surface area contributed by atoms with Gasteiger partial charge in [-0.25, -0.2) is 4.98 Å². The van der Waals surface area contributed by atoms with E-state index in [0.29, 0.717) is 6.42 Å². The van der Waals surface area contributed by atoms with E-state index in [1.165, 1.54) is 0 Å². The van der Waals surface area contributed by atoms with Gasteiger partial charge in [-0.3, -0.25) is 0 Å². The highest BCUT2D eigenvalue weighted by Crippen LogP contribution is 2.20. The van der Waals surface area contributed by atoms with Crippen LogP contribution in [0.1, 0.15) is 33.0 Å². The molecule has 0 spiro atoms. The molecule has 0 radical (unpaired) electrons. The van der Waals surface area contributed by atoms with Gasteiger partial charge in [0.25, 0.3) is 0 Å². The summed E-state index contributed by atoms with van der Waals surface area (Å²) < 4.78 is 2.09. The van der Waals surface area contributed by atoms with Crippen LogP contribution in [0.4, 0.5) is 0 Å². The normalized spacial score (nSPS) is 15.4. The van der Waals surface area contributed by atoms with Gasteiger partial charge >= 0.3 is 0 Å². The van der Waals surface area contributed by atoms with Crippen LogP contribution in [0, 0.1) is 5.92 Å². The lowest BCUT2D eigenvalue weighted by Crippen LogP contribution is -2.45. The maximum Gasteiger partial charge on any atom is 0.111 e. The van der Waals surface area contributed by atoms with Crippen LogP contribution in [0.15, 0.2) is 12.4 Å². The lowest BCUT2D eigenvalue weighted by molar-refractivity contribution is 0.00162. The van der Waals surface area contributed by atoms with Crippen LogP contribution in [0.5, 0.6) is 0 Å². The number of nitrogens with two attached hydrogens (primary N) is 1. The maximum atomic E-state index is 10.4. The maximum absolute atomic E-state index is 10.4.